The van der Waals surface area contributed by atoms with Crippen LogP contribution in [0.3, 0.4) is 0 Å². The summed E-state index contributed by atoms with van der Waals surface area (Å²) < 4.78 is 44.1. The lowest BCUT2D eigenvalue weighted by Gasteiger charge is -2.12. The van der Waals surface area contributed by atoms with Crippen LogP contribution in [0.4, 0.5) is 15.9 Å². The monoisotopic (exact) mass is 670 g/mol. The quantitative estimate of drug-likeness (QED) is 0.148. The van der Waals surface area contributed by atoms with E-state index >= 15 is 0 Å². The molecule has 0 bridgehead atoms. The highest BCUT2D eigenvalue weighted by atomic mass is 79.9. The van der Waals surface area contributed by atoms with Gasteiger partial charge >= 0.3 is 0 Å². The molecular weight excluding hydrogens is 643 g/mol. The van der Waals surface area contributed by atoms with Gasteiger partial charge in [-0.3, -0.25) is 4.98 Å². The molecule has 0 radical (unpaired) electrons. The normalized spacial score (nSPS) is 11.7. The van der Waals surface area contributed by atoms with Crippen molar-refractivity contribution < 1.29 is 17.5 Å². The minimum Gasteiger partial charge on any atom is -0.488 e. The maximum absolute atomic E-state index is 13.5. The molecule has 0 unspecified atom stereocenters. The minimum atomic E-state index is -3.08. The number of halogens is 2. The van der Waals surface area contributed by atoms with E-state index in [9.17, 15) is 12.8 Å². The van der Waals surface area contributed by atoms with Crippen molar-refractivity contribution in [3.8, 4) is 17.1 Å². The molecule has 13 heteroatoms. The van der Waals surface area contributed by atoms with E-state index in [0.29, 0.717) is 41.6 Å². The molecule has 0 saturated heterocycles. The van der Waals surface area contributed by atoms with Crippen molar-refractivity contribution in [2.45, 2.75) is 32.2 Å². The van der Waals surface area contributed by atoms with Gasteiger partial charge in [-0.1, -0.05) is 12.1 Å². The molecule has 0 atom stereocenters. The zero-order chi connectivity index (χ0) is 29.7. The number of nitrogens with one attached hydrogen (secondary N) is 2. The van der Waals surface area contributed by atoms with Crippen LogP contribution in [0.1, 0.15) is 24.4 Å². The molecule has 0 aliphatic carbocycles. The summed E-state index contributed by atoms with van der Waals surface area (Å²) in [6.45, 7) is 4.45. The van der Waals surface area contributed by atoms with E-state index < -0.39 is 9.84 Å². The topological polar surface area (TPSA) is 119 Å². The number of nitrogens with zero attached hydrogens (tertiary/aromatic N) is 4. The lowest BCUT2D eigenvalue weighted by atomic mass is 10.2. The fraction of sp³-hybridized carbons (Fsp3) is 0.241. The Morgan fingerprint density at radius 2 is 1.93 bits per heavy atom. The zero-order valence-corrected chi connectivity index (χ0v) is 26.1. The highest BCUT2D eigenvalue weighted by Crippen LogP contribution is 2.32. The van der Waals surface area contributed by atoms with Gasteiger partial charge in [0.25, 0.3) is 0 Å². The Morgan fingerprint density at radius 1 is 1.07 bits per heavy atom. The van der Waals surface area contributed by atoms with Crippen LogP contribution in [0.2, 0.25) is 0 Å². The number of anilines is 2. The number of pyridine rings is 1. The van der Waals surface area contributed by atoms with Crippen molar-refractivity contribution in [1.82, 2.24) is 25.3 Å². The molecule has 0 amide bonds. The Morgan fingerprint density at radius 3 is 2.71 bits per heavy atom. The third-order valence-corrected chi connectivity index (χ3v) is 10.0. The molecule has 0 spiro atoms. The fourth-order valence-electron chi connectivity index (χ4n) is 3.97. The molecule has 5 rings (SSSR count). The van der Waals surface area contributed by atoms with Gasteiger partial charge in [0.15, 0.2) is 9.84 Å². The Hall–Kier alpha value is -3.52. The van der Waals surface area contributed by atoms with Crippen molar-refractivity contribution in [3.63, 3.8) is 0 Å². The zero-order valence-electron chi connectivity index (χ0n) is 22.8. The number of sulfone groups is 1. The Bertz CT molecular complexity index is 1820. The predicted molar refractivity (Wildman–Crippen MR) is 167 cm³/mol. The maximum atomic E-state index is 13.5. The number of benzene rings is 2. The average Bonchev–Trinajstić information content (AvgIpc) is 3.44. The van der Waals surface area contributed by atoms with E-state index in [4.69, 9.17) is 4.74 Å². The van der Waals surface area contributed by atoms with Crippen molar-refractivity contribution in [1.29, 1.82) is 0 Å². The molecule has 3 aromatic heterocycles. The number of hydrogen-bond donors (Lipinski definition) is 2. The van der Waals surface area contributed by atoms with Gasteiger partial charge in [-0.05, 0) is 71.7 Å². The minimum absolute atomic E-state index is 0.0894. The van der Waals surface area contributed by atoms with Gasteiger partial charge in [0.1, 0.15) is 35.3 Å². The molecule has 0 saturated carbocycles. The molecule has 0 fully saturated rings. The van der Waals surface area contributed by atoms with Crippen LogP contribution in [-0.4, -0.2) is 45.9 Å². The van der Waals surface area contributed by atoms with Crippen molar-refractivity contribution in [2.24, 2.45) is 0 Å². The first kappa shape index (κ1) is 30.0. The van der Waals surface area contributed by atoms with Crippen molar-refractivity contribution >= 4 is 59.5 Å². The van der Waals surface area contributed by atoms with Gasteiger partial charge in [-0.25, -0.2) is 27.8 Å². The number of thiazole rings is 1. The molecule has 3 heterocycles. The molecular formula is C29H28BrFN6O3S2. The first-order chi connectivity index (χ1) is 20.2. The van der Waals surface area contributed by atoms with Gasteiger partial charge in [0.05, 0.1) is 38.6 Å². The standard InChI is InChI=1S/C29H28BrFN6O3S2/c1-18(2)42(38,39)9-8-32-14-28-37-26(16-41-28)24-12-22-25(13-33-24)34-17-35-29(22)36-21-6-7-27(23(30)11-21)40-15-19-4-3-5-20(31)10-19/h3-7,10-13,16-18,32H,8-9,14-15H2,1-2H3,(H,34,35,36). The van der Waals surface area contributed by atoms with E-state index in [-0.39, 0.29) is 23.4 Å². The lowest BCUT2D eigenvalue weighted by Crippen LogP contribution is -2.26. The Kier molecular flexibility index (Phi) is 9.41. The van der Waals surface area contributed by atoms with Gasteiger partial charge in [0.2, 0.25) is 0 Å². The Balaban J connectivity index is 1.27. The van der Waals surface area contributed by atoms with Gasteiger partial charge in [-0.2, -0.15) is 0 Å². The molecule has 0 aliphatic heterocycles. The SMILES string of the molecule is CC(C)S(=O)(=O)CCNCc1nc(-c2cc3c(Nc4ccc(OCc5cccc(F)c5)c(Br)c4)ncnc3cn2)cs1. The summed E-state index contributed by atoms with van der Waals surface area (Å²) in [6, 6.07) is 13.8. The van der Waals surface area contributed by atoms with Crippen LogP contribution in [-0.2, 0) is 23.0 Å². The van der Waals surface area contributed by atoms with Crippen LogP contribution in [0.5, 0.6) is 5.75 Å². The molecule has 5 aromatic rings. The third kappa shape index (κ3) is 7.46. The summed E-state index contributed by atoms with van der Waals surface area (Å²) >= 11 is 5.04. The summed E-state index contributed by atoms with van der Waals surface area (Å²) in [5.41, 5.74) is 3.58. The smallest absolute Gasteiger partial charge is 0.153 e. The van der Waals surface area contributed by atoms with Crippen LogP contribution >= 0.6 is 27.3 Å². The number of hydrogen-bond acceptors (Lipinski definition) is 10. The largest absolute Gasteiger partial charge is 0.488 e. The first-order valence-corrected chi connectivity index (χ1v) is 16.5. The second-order valence-corrected chi connectivity index (χ2v) is 14.2. The molecule has 0 aliphatic rings. The summed E-state index contributed by atoms with van der Waals surface area (Å²) in [5, 5.41) is 9.65. The van der Waals surface area contributed by atoms with E-state index in [1.807, 2.05) is 35.7 Å². The van der Waals surface area contributed by atoms with Gasteiger partial charge in [0, 0.05) is 29.5 Å². The number of rotatable bonds is 12. The second-order valence-electron chi connectivity index (χ2n) is 9.72. The van der Waals surface area contributed by atoms with E-state index in [2.05, 4.69) is 46.5 Å². The first-order valence-electron chi connectivity index (χ1n) is 13.1. The average molecular weight is 672 g/mol. The summed E-state index contributed by atoms with van der Waals surface area (Å²) in [5.74, 6) is 1.02. The number of fused-ring (bicyclic) bond motifs is 1. The maximum Gasteiger partial charge on any atom is 0.153 e. The number of aromatic nitrogens is 4. The van der Waals surface area contributed by atoms with E-state index in [1.165, 1.54) is 29.8 Å². The van der Waals surface area contributed by atoms with Gasteiger partial charge < -0.3 is 15.4 Å². The fourth-order valence-corrected chi connectivity index (χ4v) is 6.13. The molecule has 42 heavy (non-hydrogen) atoms. The highest BCUT2D eigenvalue weighted by Gasteiger charge is 2.16. The van der Waals surface area contributed by atoms with Crippen LogP contribution in [0.25, 0.3) is 22.3 Å². The molecule has 2 N–H and O–H groups in total. The third-order valence-electron chi connectivity index (χ3n) is 6.37. The van der Waals surface area contributed by atoms with Gasteiger partial charge in [-0.15, -0.1) is 11.3 Å². The van der Waals surface area contributed by atoms with Crippen molar-refractivity contribution in [2.75, 3.05) is 17.6 Å². The lowest BCUT2D eigenvalue weighted by molar-refractivity contribution is 0.303. The van der Waals surface area contributed by atoms with Crippen LogP contribution in [0.15, 0.2) is 70.9 Å². The van der Waals surface area contributed by atoms with E-state index in [1.54, 1.807) is 26.1 Å². The molecule has 2 aromatic carbocycles. The molecule has 9 nitrogen and oxygen atoms in total. The van der Waals surface area contributed by atoms with Crippen LogP contribution in [0, 0.1) is 5.82 Å². The summed E-state index contributed by atoms with van der Waals surface area (Å²) in [6.07, 6.45) is 3.16. The summed E-state index contributed by atoms with van der Waals surface area (Å²) in [7, 11) is -3.08. The Labute approximate surface area is 255 Å². The highest BCUT2D eigenvalue weighted by molar-refractivity contribution is 9.10. The van der Waals surface area contributed by atoms with Crippen molar-refractivity contribution in [3.05, 3.63) is 87.3 Å². The number of ether oxygens (including phenoxy) is 1. The second kappa shape index (κ2) is 13.2. The molecule has 218 valence electrons. The predicted octanol–water partition coefficient (Wildman–Crippen LogP) is 6.29. The van der Waals surface area contributed by atoms with Crippen LogP contribution < -0.4 is 15.4 Å². The van der Waals surface area contributed by atoms with E-state index in [0.717, 1.165) is 26.1 Å². The summed E-state index contributed by atoms with van der Waals surface area (Å²) in [4.78, 5) is 18.0.